The van der Waals surface area contributed by atoms with Gasteiger partial charge in [0.2, 0.25) is 11.9 Å². The molecule has 2 heterocycles. The fraction of sp³-hybridized carbons (Fsp3) is 0.143. The first-order valence-corrected chi connectivity index (χ1v) is 6.27. The van der Waals surface area contributed by atoms with Crippen LogP contribution in [0.25, 0.3) is 0 Å². The SMILES string of the molecule is N#C[C@H]1C(=O)Nc2nc(N)[nH]c(=O)c2[C@@H]1c1ccccc1. The molecule has 0 aliphatic carbocycles. The van der Waals surface area contributed by atoms with Crippen molar-refractivity contribution in [2.45, 2.75) is 5.92 Å². The third-order valence-electron chi connectivity index (χ3n) is 3.44. The van der Waals surface area contributed by atoms with Crippen LogP contribution in [-0.2, 0) is 4.79 Å². The van der Waals surface area contributed by atoms with Crippen LogP contribution in [0.3, 0.4) is 0 Å². The maximum atomic E-state index is 12.2. The molecule has 2 atom stereocenters. The predicted octanol–water partition coefficient (Wildman–Crippen LogP) is 0.576. The molecule has 7 heteroatoms. The molecule has 1 aliphatic heterocycles. The van der Waals surface area contributed by atoms with Crippen molar-refractivity contribution in [2.75, 3.05) is 11.1 Å². The first kappa shape index (κ1) is 12.9. The van der Waals surface area contributed by atoms with Crippen molar-refractivity contribution in [3.63, 3.8) is 0 Å². The quantitative estimate of drug-likeness (QED) is 0.705. The number of aromatic nitrogens is 2. The summed E-state index contributed by atoms with van der Waals surface area (Å²) in [6.45, 7) is 0. The van der Waals surface area contributed by atoms with E-state index in [2.05, 4.69) is 15.3 Å². The van der Waals surface area contributed by atoms with E-state index in [1.807, 2.05) is 12.1 Å². The van der Waals surface area contributed by atoms with Crippen LogP contribution in [0, 0.1) is 17.2 Å². The van der Waals surface area contributed by atoms with Gasteiger partial charge in [-0.15, -0.1) is 0 Å². The Morgan fingerprint density at radius 3 is 2.62 bits per heavy atom. The van der Waals surface area contributed by atoms with Crippen LogP contribution in [0.5, 0.6) is 0 Å². The third kappa shape index (κ3) is 2.03. The Labute approximate surface area is 119 Å². The molecule has 0 saturated heterocycles. The average Bonchev–Trinajstić information content (AvgIpc) is 2.46. The molecule has 1 amide bonds. The van der Waals surface area contributed by atoms with Gasteiger partial charge in [0, 0.05) is 5.92 Å². The number of nitrogen functional groups attached to an aromatic ring is 1. The number of benzene rings is 1. The fourth-order valence-corrected chi connectivity index (χ4v) is 2.55. The highest BCUT2D eigenvalue weighted by Gasteiger charge is 2.39. The second kappa shape index (κ2) is 4.76. The van der Waals surface area contributed by atoms with E-state index < -0.39 is 23.3 Å². The van der Waals surface area contributed by atoms with Crippen LogP contribution in [-0.4, -0.2) is 15.9 Å². The van der Waals surface area contributed by atoms with Gasteiger partial charge >= 0.3 is 0 Å². The largest absolute Gasteiger partial charge is 0.369 e. The number of carbonyl (C=O) groups is 1. The van der Waals surface area contributed by atoms with Crippen LogP contribution < -0.4 is 16.6 Å². The number of H-pyrrole nitrogens is 1. The summed E-state index contributed by atoms with van der Waals surface area (Å²) >= 11 is 0. The molecular formula is C14H11N5O2. The van der Waals surface area contributed by atoms with E-state index in [0.29, 0.717) is 5.56 Å². The van der Waals surface area contributed by atoms with Crippen LogP contribution in [0.2, 0.25) is 0 Å². The summed E-state index contributed by atoms with van der Waals surface area (Å²) in [5.74, 6) is -2.12. The van der Waals surface area contributed by atoms with Gasteiger partial charge in [0.15, 0.2) is 0 Å². The molecule has 0 saturated carbocycles. The number of nitrogens with one attached hydrogen (secondary N) is 2. The van der Waals surface area contributed by atoms with E-state index >= 15 is 0 Å². The summed E-state index contributed by atoms with van der Waals surface area (Å²) in [6.07, 6.45) is 0. The monoisotopic (exact) mass is 281 g/mol. The van der Waals surface area contributed by atoms with Crippen molar-refractivity contribution in [1.82, 2.24) is 9.97 Å². The minimum atomic E-state index is -0.994. The lowest BCUT2D eigenvalue weighted by molar-refractivity contribution is -0.119. The van der Waals surface area contributed by atoms with Crippen molar-refractivity contribution in [1.29, 1.82) is 5.26 Å². The Morgan fingerprint density at radius 2 is 1.95 bits per heavy atom. The number of fused-ring (bicyclic) bond motifs is 1. The highest BCUT2D eigenvalue weighted by Crippen LogP contribution is 2.37. The molecule has 0 fully saturated rings. The van der Waals surface area contributed by atoms with Crippen LogP contribution in [0.15, 0.2) is 35.1 Å². The number of nitriles is 1. The molecule has 1 aliphatic rings. The lowest BCUT2D eigenvalue weighted by Crippen LogP contribution is -2.38. The number of nitrogens with zero attached hydrogens (tertiary/aromatic N) is 2. The predicted molar refractivity (Wildman–Crippen MR) is 75.3 cm³/mol. The van der Waals surface area contributed by atoms with E-state index in [0.717, 1.165) is 0 Å². The zero-order chi connectivity index (χ0) is 15.0. The first-order chi connectivity index (χ1) is 10.1. The Bertz CT molecular complexity index is 806. The van der Waals surface area contributed by atoms with Gasteiger partial charge in [-0.05, 0) is 5.56 Å². The summed E-state index contributed by atoms with van der Waals surface area (Å²) in [5.41, 5.74) is 6.00. The summed E-state index contributed by atoms with van der Waals surface area (Å²) in [6, 6.07) is 10.9. The Kier molecular flexibility index (Phi) is 2.92. The summed E-state index contributed by atoms with van der Waals surface area (Å²) in [7, 11) is 0. The molecule has 2 aromatic rings. The van der Waals surface area contributed by atoms with Gasteiger partial charge in [-0.25, -0.2) is 0 Å². The maximum Gasteiger partial charge on any atom is 0.258 e. The fourth-order valence-electron chi connectivity index (χ4n) is 2.55. The second-order valence-corrected chi connectivity index (χ2v) is 4.70. The minimum Gasteiger partial charge on any atom is -0.369 e. The van der Waals surface area contributed by atoms with Gasteiger partial charge in [0.25, 0.3) is 5.56 Å². The molecule has 3 rings (SSSR count). The van der Waals surface area contributed by atoms with Gasteiger partial charge in [-0.3, -0.25) is 14.6 Å². The number of carbonyl (C=O) groups excluding carboxylic acids is 1. The third-order valence-corrected chi connectivity index (χ3v) is 3.44. The number of amides is 1. The topological polar surface area (TPSA) is 125 Å². The first-order valence-electron chi connectivity index (χ1n) is 6.27. The Hall–Kier alpha value is -3.14. The number of rotatable bonds is 1. The number of hydrogen-bond donors (Lipinski definition) is 3. The van der Waals surface area contributed by atoms with Crippen LogP contribution in [0.1, 0.15) is 17.0 Å². The smallest absolute Gasteiger partial charge is 0.258 e. The zero-order valence-electron chi connectivity index (χ0n) is 10.8. The normalized spacial score (nSPS) is 20.2. The molecular weight excluding hydrogens is 270 g/mol. The minimum absolute atomic E-state index is 0.0822. The van der Waals surface area contributed by atoms with Gasteiger partial charge in [-0.2, -0.15) is 10.2 Å². The lowest BCUT2D eigenvalue weighted by atomic mass is 9.79. The molecule has 1 aromatic heterocycles. The van der Waals surface area contributed by atoms with Gasteiger partial charge in [-0.1, -0.05) is 30.3 Å². The number of aromatic amines is 1. The zero-order valence-corrected chi connectivity index (χ0v) is 10.8. The van der Waals surface area contributed by atoms with Gasteiger partial charge in [0.05, 0.1) is 11.6 Å². The standard InChI is InChI=1S/C14H11N5O2/c15-6-8-9(7-4-2-1-3-5-7)10-11(17-12(8)20)18-14(16)19-13(10)21/h1-5,8-9H,(H4,16,17,18,19,20,21)/t8-,9-/m1/s1. The number of hydrogen-bond acceptors (Lipinski definition) is 5. The molecule has 4 N–H and O–H groups in total. The highest BCUT2D eigenvalue weighted by atomic mass is 16.2. The molecule has 0 bridgehead atoms. The summed E-state index contributed by atoms with van der Waals surface area (Å²) in [4.78, 5) is 30.6. The highest BCUT2D eigenvalue weighted by molar-refractivity contribution is 5.97. The van der Waals surface area contributed by atoms with Crippen molar-refractivity contribution < 1.29 is 4.79 Å². The van der Waals surface area contributed by atoms with Crippen molar-refractivity contribution in [2.24, 2.45) is 5.92 Å². The molecule has 0 radical (unpaired) electrons. The van der Waals surface area contributed by atoms with Crippen LogP contribution >= 0.6 is 0 Å². The molecule has 21 heavy (non-hydrogen) atoms. The van der Waals surface area contributed by atoms with Crippen molar-refractivity contribution in [3.8, 4) is 6.07 Å². The van der Waals surface area contributed by atoms with Gasteiger partial charge in [0.1, 0.15) is 11.7 Å². The lowest BCUT2D eigenvalue weighted by Gasteiger charge is -2.28. The van der Waals surface area contributed by atoms with Crippen LogP contribution in [0.4, 0.5) is 11.8 Å². The van der Waals surface area contributed by atoms with Gasteiger partial charge < -0.3 is 11.1 Å². The van der Waals surface area contributed by atoms with Crippen molar-refractivity contribution in [3.05, 3.63) is 51.8 Å². The van der Waals surface area contributed by atoms with E-state index in [1.165, 1.54) is 0 Å². The Morgan fingerprint density at radius 1 is 1.24 bits per heavy atom. The maximum absolute atomic E-state index is 12.2. The average molecular weight is 281 g/mol. The number of anilines is 2. The molecule has 0 unspecified atom stereocenters. The van der Waals surface area contributed by atoms with E-state index in [9.17, 15) is 14.9 Å². The molecule has 0 spiro atoms. The van der Waals surface area contributed by atoms with E-state index in [4.69, 9.17) is 5.73 Å². The van der Waals surface area contributed by atoms with E-state index in [-0.39, 0.29) is 17.3 Å². The molecule has 7 nitrogen and oxygen atoms in total. The number of nitrogens with two attached hydrogens (primary N) is 1. The molecule has 104 valence electrons. The molecule has 1 aromatic carbocycles. The summed E-state index contributed by atoms with van der Waals surface area (Å²) in [5, 5.41) is 11.8. The second-order valence-electron chi connectivity index (χ2n) is 4.70. The summed E-state index contributed by atoms with van der Waals surface area (Å²) < 4.78 is 0. The van der Waals surface area contributed by atoms with Crippen molar-refractivity contribution >= 4 is 17.7 Å². The Balaban J connectivity index is 2.29. The van der Waals surface area contributed by atoms with E-state index in [1.54, 1.807) is 24.3 Å².